The van der Waals surface area contributed by atoms with Crippen LogP contribution in [0.4, 0.5) is 0 Å². The second kappa shape index (κ2) is 9.18. The summed E-state index contributed by atoms with van der Waals surface area (Å²) in [4.78, 5) is 0. The third kappa shape index (κ3) is 5.93. The maximum Gasteiger partial charge on any atom is 0.113 e. The molecule has 1 unspecified atom stereocenters. The molecule has 1 atom stereocenters. The molecule has 1 aliphatic heterocycles. The lowest BCUT2D eigenvalue weighted by Crippen LogP contribution is -2.44. The maximum atomic E-state index is 4.41. The van der Waals surface area contributed by atoms with Crippen LogP contribution in [0, 0.1) is 16.7 Å². The minimum atomic E-state index is 0.0789. The van der Waals surface area contributed by atoms with E-state index in [0.717, 1.165) is 37.2 Å². The fourth-order valence-electron chi connectivity index (χ4n) is 5.25. The molecule has 0 spiro atoms. The highest BCUT2D eigenvalue weighted by Gasteiger charge is 2.33. The van der Waals surface area contributed by atoms with Gasteiger partial charge in [-0.1, -0.05) is 88.4 Å². The van der Waals surface area contributed by atoms with Gasteiger partial charge in [0.15, 0.2) is 0 Å². The zero-order valence-corrected chi connectivity index (χ0v) is 20.9. The van der Waals surface area contributed by atoms with Crippen LogP contribution in [0.2, 0.25) is 0 Å². The van der Waals surface area contributed by atoms with Crippen LogP contribution in [0.15, 0.2) is 72.2 Å². The Hall–Kier alpha value is -2.86. The minimum Gasteiger partial charge on any atom is -0.300 e. The molecule has 1 aromatic carbocycles. The van der Waals surface area contributed by atoms with Gasteiger partial charge >= 0.3 is 0 Å². The maximum absolute atomic E-state index is 4.41. The first kappa shape index (κ1) is 23.3. The van der Waals surface area contributed by atoms with Gasteiger partial charge in [0.2, 0.25) is 0 Å². The Bertz CT molecular complexity index is 1040. The molecule has 33 heavy (non-hydrogen) atoms. The fourth-order valence-corrected chi connectivity index (χ4v) is 5.25. The lowest BCUT2D eigenvalue weighted by Gasteiger charge is -2.38. The van der Waals surface area contributed by atoms with Gasteiger partial charge in [-0.25, -0.2) is 0 Å². The highest BCUT2D eigenvalue weighted by atomic mass is 15.8. The smallest absolute Gasteiger partial charge is 0.113 e. The van der Waals surface area contributed by atoms with Crippen molar-refractivity contribution < 1.29 is 0 Å². The van der Waals surface area contributed by atoms with Gasteiger partial charge in [0.05, 0.1) is 11.9 Å². The predicted octanol–water partition coefficient (Wildman–Crippen LogP) is 5.42. The molecule has 4 rings (SSSR count). The second-order valence-electron chi connectivity index (χ2n) is 11.2. The average Bonchev–Trinajstić information content (AvgIpc) is 3.34. The summed E-state index contributed by atoms with van der Waals surface area (Å²) in [5.41, 5.74) is 8.34. The van der Waals surface area contributed by atoms with E-state index in [1.165, 1.54) is 11.3 Å². The minimum absolute atomic E-state index is 0.0789. The van der Waals surface area contributed by atoms with E-state index in [0.29, 0.717) is 5.92 Å². The molecule has 0 saturated carbocycles. The van der Waals surface area contributed by atoms with Gasteiger partial charge in [-0.15, -0.1) is 10.2 Å². The van der Waals surface area contributed by atoms with Gasteiger partial charge in [-0.3, -0.25) is 15.1 Å². The lowest BCUT2D eigenvalue weighted by molar-refractivity contribution is -0.00596. The van der Waals surface area contributed by atoms with Crippen molar-refractivity contribution in [1.29, 1.82) is 0 Å². The Morgan fingerprint density at radius 2 is 1.79 bits per heavy atom. The average molecular weight is 447 g/mol. The Kier molecular flexibility index (Phi) is 6.48. The zero-order valence-electron chi connectivity index (χ0n) is 20.9. The van der Waals surface area contributed by atoms with E-state index >= 15 is 0 Å². The molecule has 2 heterocycles. The topological polar surface area (TPSA) is 49.2 Å². The molecule has 1 N–H and O–H groups in total. The van der Waals surface area contributed by atoms with Crippen molar-refractivity contribution in [1.82, 2.24) is 30.5 Å². The summed E-state index contributed by atoms with van der Waals surface area (Å²) in [5, 5.41) is 13.2. The summed E-state index contributed by atoms with van der Waals surface area (Å²) in [7, 11) is 2.09. The van der Waals surface area contributed by atoms with E-state index in [-0.39, 0.29) is 10.8 Å². The fraction of sp³-hybridized carbons (Fsp3) is 0.481. The molecule has 6 heteroatoms. The summed E-state index contributed by atoms with van der Waals surface area (Å²) in [5.74, 6) is 0.587. The zero-order chi connectivity index (χ0) is 23.6. The van der Waals surface area contributed by atoms with E-state index in [2.05, 4.69) is 110 Å². The Labute approximate surface area is 198 Å². The van der Waals surface area contributed by atoms with Crippen LogP contribution in [-0.2, 0) is 6.54 Å². The van der Waals surface area contributed by atoms with Gasteiger partial charge in [0.25, 0.3) is 0 Å². The number of rotatable bonds is 8. The van der Waals surface area contributed by atoms with Crippen LogP contribution in [0.25, 0.3) is 11.3 Å². The first-order valence-corrected chi connectivity index (χ1v) is 11.9. The summed E-state index contributed by atoms with van der Waals surface area (Å²) in [6.45, 7) is 13.4. The van der Waals surface area contributed by atoms with Gasteiger partial charge in [0, 0.05) is 31.9 Å². The van der Waals surface area contributed by atoms with Crippen molar-refractivity contribution >= 4 is 0 Å². The number of hydrogen-bond acceptors (Lipinski definition) is 5. The second-order valence-corrected chi connectivity index (χ2v) is 11.2. The molecule has 2 aromatic rings. The molecule has 6 nitrogen and oxygen atoms in total. The molecule has 0 bridgehead atoms. The van der Waals surface area contributed by atoms with E-state index in [9.17, 15) is 0 Å². The first-order chi connectivity index (χ1) is 15.6. The Balaban J connectivity index is 1.39. The van der Waals surface area contributed by atoms with Crippen LogP contribution >= 0.6 is 0 Å². The van der Waals surface area contributed by atoms with Gasteiger partial charge in [0.1, 0.15) is 5.69 Å². The number of nitrogens with zero attached hydrogens (tertiary/aromatic N) is 5. The van der Waals surface area contributed by atoms with Crippen LogP contribution in [0.5, 0.6) is 0 Å². The summed E-state index contributed by atoms with van der Waals surface area (Å²) in [6, 6.07) is 10.2. The van der Waals surface area contributed by atoms with Gasteiger partial charge < -0.3 is 0 Å². The van der Waals surface area contributed by atoms with Crippen molar-refractivity contribution in [3.05, 3.63) is 72.2 Å². The van der Waals surface area contributed by atoms with Gasteiger partial charge in [-0.05, 0) is 35.2 Å². The van der Waals surface area contributed by atoms with E-state index in [1.54, 1.807) is 0 Å². The molecule has 0 saturated heterocycles. The van der Waals surface area contributed by atoms with Crippen molar-refractivity contribution in [3.8, 4) is 11.3 Å². The Morgan fingerprint density at radius 3 is 2.52 bits per heavy atom. The van der Waals surface area contributed by atoms with E-state index in [1.807, 2.05) is 22.9 Å². The van der Waals surface area contributed by atoms with Crippen LogP contribution in [0.3, 0.4) is 0 Å². The molecule has 1 aliphatic carbocycles. The normalized spacial score (nSPS) is 19.5. The van der Waals surface area contributed by atoms with Crippen molar-refractivity contribution in [2.45, 2.75) is 54.0 Å². The van der Waals surface area contributed by atoms with E-state index in [4.69, 9.17) is 0 Å². The van der Waals surface area contributed by atoms with E-state index < -0.39 is 0 Å². The van der Waals surface area contributed by atoms with Crippen LogP contribution in [-0.4, -0.2) is 38.7 Å². The van der Waals surface area contributed by atoms with Gasteiger partial charge in [-0.2, -0.15) is 0 Å². The molecule has 0 fully saturated rings. The quantitative estimate of drug-likeness (QED) is 0.587. The summed E-state index contributed by atoms with van der Waals surface area (Å²) < 4.78 is 1.99. The first-order valence-electron chi connectivity index (χ1n) is 11.9. The molecule has 176 valence electrons. The molecular weight excluding hydrogens is 408 g/mol. The van der Waals surface area contributed by atoms with Crippen LogP contribution < -0.4 is 5.43 Å². The monoisotopic (exact) mass is 446 g/mol. The molecule has 2 aliphatic rings. The number of hydrogen-bond donors (Lipinski definition) is 1. The third-order valence-corrected chi connectivity index (χ3v) is 6.32. The number of nitrogens with one attached hydrogen (secondary N) is 1. The molecule has 0 amide bonds. The largest absolute Gasteiger partial charge is 0.300 e. The molecule has 1 aromatic heterocycles. The SMILES string of the molecule is CC1C=CC=C(C2=CN(CC(C)(C)CC(C)(C)Cn3cc(-c4ccccc4)nn3)N(C)N2)C1. The standard InChI is InChI=1S/C27H38N6/c1-21-11-10-14-23(15-21)25-17-33(31(6)29-25)20-27(4,5)18-26(2,3)19-32-16-24(28-30-32)22-12-8-7-9-13-22/h7-14,16-17,21,29H,15,18-20H2,1-6H3. The Morgan fingerprint density at radius 1 is 1.06 bits per heavy atom. The number of aromatic nitrogens is 3. The number of benzene rings is 1. The highest BCUT2D eigenvalue weighted by Crippen LogP contribution is 2.37. The lowest BCUT2D eigenvalue weighted by atomic mass is 9.75. The van der Waals surface area contributed by atoms with Crippen molar-refractivity contribution in [3.63, 3.8) is 0 Å². The predicted molar refractivity (Wildman–Crippen MR) is 134 cm³/mol. The summed E-state index contributed by atoms with van der Waals surface area (Å²) >= 11 is 0. The van der Waals surface area contributed by atoms with Crippen molar-refractivity contribution in [2.24, 2.45) is 16.7 Å². The molecule has 0 radical (unpaired) electrons. The number of allylic oxidation sites excluding steroid dienone is 4. The van der Waals surface area contributed by atoms with Crippen LogP contribution in [0.1, 0.15) is 47.5 Å². The highest BCUT2D eigenvalue weighted by molar-refractivity contribution is 5.57. The summed E-state index contributed by atoms with van der Waals surface area (Å²) in [6.07, 6.45) is 13.1. The van der Waals surface area contributed by atoms with Crippen molar-refractivity contribution in [2.75, 3.05) is 13.6 Å². The molecular formula is C27H38N6. The third-order valence-electron chi connectivity index (χ3n) is 6.32. The number of hydrazine groups is 2.